The van der Waals surface area contributed by atoms with Gasteiger partial charge in [0.2, 0.25) is 0 Å². The summed E-state index contributed by atoms with van der Waals surface area (Å²) in [4.78, 5) is 12.1. The zero-order chi connectivity index (χ0) is 12.4. The lowest BCUT2D eigenvalue weighted by molar-refractivity contribution is 0.0946. The summed E-state index contributed by atoms with van der Waals surface area (Å²) in [6, 6.07) is 5.56. The second kappa shape index (κ2) is 4.77. The van der Waals surface area contributed by atoms with Crippen LogP contribution >= 0.6 is 11.6 Å². The van der Waals surface area contributed by atoms with Gasteiger partial charge in [0.05, 0.1) is 18.7 Å². The summed E-state index contributed by atoms with van der Waals surface area (Å²) in [5.41, 5.74) is 1.41. The third kappa shape index (κ3) is 2.13. The number of carbonyl (C=O) groups is 1. The first kappa shape index (κ1) is 11.9. The highest BCUT2D eigenvalue weighted by Gasteiger charge is 2.29. The Bertz CT molecular complexity index is 505. The van der Waals surface area contributed by atoms with Gasteiger partial charge in [-0.1, -0.05) is 11.6 Å². The van der Waals surface area contributed by atoms with E-state index in [9.17, 15) is 4.79 Å². The lowest BCUT2D eigenvalue weighted by atomic mass is 9.81. The molecule has 0 aliphatic heterocycles. The van der Waals surface area contributed by atoms with E-state index < -0.39 is 0 Å². The number of nitriles is 1. The number of fused-ring (bicyclic) bond motifs is 1. The largest absolute Gasteiger partial charge is 0.496 e. The van der Waals surface area contributed by atoms with Gasteiger partial charge in [-0.25, -0.2) is 0 Å². The first-order chi connectivity index (χ1) is 8.17. The summed E-state index contributed by atoms with van der Waals surface area (Å²) >= 11 is 6.11. The number of methoxy groups -OCH3 is 1. The first-order valence-electron chi connectivity index (χ1n) is 5.43. The van der Waals surface area contributed by atoms with Crippen LogP contribution in [0, 0.1) is 17.2 Å². The minimum absolute atomic E-state index is 0.0193. The summed E-state index contributed by atoms with van der Waals surface area (Å²) in [6.45, 7) is 0. The third-order valence-electron chi connectivity index (χ3n) is 3.06. The van der Waals surface area contributed by atoms with Crippen molar-refractivity contribution in [3.8, 4) is 11.8 Å². The van der Waals surface area contributed by atoms with Crippen molar-refractivity contribution >= 4 is 17.4 Å². The van der Waals surface area contributed by atoms with Gasteiger partial charge in [-0.15, -0.1) is 0 Å². The average molecular weight is 250 g/mol. The molecule has 3 nitrogen and oxygen atoms in total. The molecule has 0 amide bonds. The Morgan fingerprint density at radius 1 is 1.53 bits per heavy atom. The van der Waals surface area contributed by atoms with Gasteiger partial charge >= 0.3 is 0 Å². The molecule has 0 aromatic heterocycles. The molecule has 2 rings (SSSR count). The van der Waals surface area contributed by atoms with Gasteiger partial charge in [0, 0.05) is 17.9 Å². The molecule has 1 aliphatic carbocycles. The fourth-order valence-corrected chi connectivity index (χ4v) is 2.51. The summed E-state index contributed by atoms with van der Waals surface area (Å²) in [5, 5.41) is 9.28. The molecule has 0 saturated heterocycles. The molecule has 0 heterocycles. The van der Waals surface area contributed by atoms with Crippen LogP contribution in [0.3, 0.4) is 0 Å². The molecule has 0 radical (unpaired) electrons. The maximum absolute atomic E-state index is 12.1. The van der Waals surface area contributed by atoms with Crippen LogP contribution in [0.2, 0.25) is 5.02 Å². The molecule has 0 bridgehead atoms. The number of hydrogen-bond donors (Lipinski definition) is 0. The van der Waals surface area contributed by atoms with Crippen molar-refractivity contribution in [2.45, 2.75) is 19.3 Å². The fraction of sp³-hybridized carbons (Fsp3) is 0.385. The Morgan fingerprint density at radius 3 is 2.94 bits per heavy atom. The molecule has 17 heavy (non-hydrogen) atoms. The highest BCUT2D eigenvalue weighted by Crippen LogP contribution is 2.37. The molecule has 1 aliphatic rings. The molecule has 4 heteroatoms. The average Bonchev–Trinajstić information content (AvgIpc) is 2.31. The van der Waals surface area contributed by atoms with E-state index in [1.54, 1.807) is 12.1 Å². The molecule has 0 N–H and O–H groups in total. The topological polar surface area (TPSA) is 50.1 Å². The van der Waals surface area contributed by atoms with Crippen LogP contribution in [-0.4, -0.2) is 12.9 Å². The molecule has 0 saturated carbocycles. The predicted octanol–water partition coefficient (Wildman–Crippen LogP) is 3.01. The highest BCUT2D eigenvalue weighted by atomic mass is 35.5. The number of benzene rings is 1. The third-order valence-corrected chi connectivity index (χ3v) is 3.42. The molecular weight excluding hydrogens is 238 g/mol. The van der Waals surface area contributed by atoms with E-state index in [1.165, 1.54) is 7.11 Å². The van der Waals surface area contributed by atoms with Crippen molar-refractivity contribution in [2.24, 2.45) is 5.92 Å². The Hall–Kier alpha value is -1.53. The molecule has 1 aromatic rings. The van der Waals surface area contributed by atoms with Crippen LogP contribution in [0.25, 0.3) is 0 Å². The monoisotopic (exact) mass is 249 g/mol. The number of nitrogens with zero attached hydrogens (tertiary/aromatic N) is 1. The fourth-order valence-electron chi connectivity index (χ4n) is 2.27. The van der Waals surface area contributed by atoms with Crippen molar-refractivity contribution < 1.29 is 9.53 Å². The van der Waals surface area contributed by atoms with Crippen LogP contribution in [-0.2, 0) is 6.42 Å². The summed E-state index contributed by atoms with van der Waals surface area (Å²) in [5.74, 6) is 0.667. The number of ether oxygens (including phenoxy) is 1. The van der Waals surface area contributed by atoms with E-state index in [0.717, 1.165) is 5.56 Å². The van der Waals surface area contributed by atoms with Crippen LogP contribution in [0.4, 0.5) is 0 Å². The molecule has 1 unspecified atom stereocenters. The number of halogens is 1. The predicted molar refractivity (Wildman–Crippen MR) is 64.4 cm³/mol. The lowest BCUT2D eigenvalue weighted by Gasteiger charge is -2.24. The van der Waals surface area contributed by atoms with Gasteiger partial charge in [0.15, 0.2) is 5.78 Å². The second-order valence-corrected chi connectivity index (χ2v) is 4.57. The van der Waals surface area contributed by atoms with Gasteiger partial charge in [-0.2, -0.15) is 5.26 Å². The standard InChI is InChI=1S/C13H12ClNO2/c1-17-12-3-2-10(14)9-6-8(4-5-15)7-11(16)13(9)12/h2-3,8H,4,6-7H2,1H3. The van der Waals surface area contributed by atoms with Gasteiger partial charge in [0.25, 0.3) is 0 Å². The van der Waals surface area contributed by atoms with E-state index in [2.05, 4.69) is 6.07 Å². The van der Waals surface area contributed by atoms with E-state index in [1.807, 2.05) is 0 Å². The Labute approximate surface area is 105 Å². The normalized spacial score (nSPS) is 18.4. The highest BCUT2D eigenvalue weighted by molar-refractivity contribution is 6.32. The zero-order valence-corrected chi connectivity index (χ0v) is 10.3. The van der Waals surface area contributed by atoms with Crippen molar-refractivity contribution in [2.75, 3.05) is 7.11 Å². The number of rotatable bonds is 2. The van der Waals surface area contributed by atoms with Crippen LogP contribution in [0.5, 0.6) is 5.75 Å². The summed E-state index contributed by atoms with van der Waals surface area (Å²) in [6.07, 6.45) is 1.46. The van der Waals surface area contributed by atoms with Crippen molar-refractivity contribution in [3.05, 3.63) is 28.3 Å². The lowest BCUT2D eigenvalue weighted by Crippen LogP contribution is -2.21. The number of Topliss-reactive ketones (excluding diaryl/α,β-unsaturated/α-hetero) is 1. The Morgan fingerprint density at radius 2 is 2.29 bits per heavy atom. The number of ketones is 1. The van der Waals surface area contributed by atoms with E-state index in [0.29, 0.717) is 35.6 Å². The number of carbonyl (C=O) groups excluding carboxylic acids is 1. The quantitative estimate of drug-likeness (QED) is 0.810. The first-order valence-corrected chi connectivity index (χ1v) is 5.80. The maximum Gasteiger partial charge on any atom is 0.167 e. The second-order valence-electron chi connectivity index (χ2n) is 4.16. The summed E-state index contributed by atoms with van der Waals surface area (Å²) in [7, 11) is 1.54. The van der Waals surface area contributed by atoms with Crippen LogP contribution < -0.4 is 4.74 Å². The Balaban J connectivity index is 2.48. The van der Waals surface area contributed by atoms with Crippen molar-refractivity contribution in [1.82, 2.24) is 0 Å². The van der Waals surface area contributed by atoms with E-state index in [4.69, 9.17) is 21.6 Å². The van der Waals surface area contributed by atoms with Crippen LogP contribution in [0.1, 0.15) is 28.8 Å². The zero-order valence-electron chi connectivity index (χ0n) is 9.50. The Kier molecular flexibility index (Phi) is 3.35. The molecular formula is C13H12ClNO2. The van der Waals surface area contributed by atoms with Crippen molar-refractivity contribution in [1.29, 1.82) is 5.26 Å². The maximum atomic E-state index is 12.1. The molecule has 1 atom stereocenters. The minimum Gasteiger partial charge on any atom is -0.496 e. The molecule has 0 spiro atoms. The molecule has 1 aromatic carbocycles. The van der Waals surface area contributed by atoms with Crippen LogP contribution in [0.15, 0.2) is 12.1 Å². The van der Waals surface area contributed by atoms with Gasteiger partial charge in [-0.05, 0) is 30.0 Å². The molecule has 0 fully saturated rings. The number of hydrogen-bond acceptors (Lipinski definition) is 3. The van der Waals surface area contributed by atoms with Crippen molar-refractivity contribution in [3.63, 3.8) is 0 Å². The minimum atomic E-state index is 0.0193. The van der Waals surface area contributed by atoms with E-state index in [-0.39, 0.29) is 11.7 Å². The molecule has 88 valence electrons. The van der Waals surface area contributed by atoms with Gasteiger partial charge in [0.1, 0.15) is 5.75 Å². The van der Waals surface area contributed by atoms with Gasteiger partial charge < -0.3 is 4.74 Å². The smallest absolute Gasteiger partial charge is 0.167 e. The SMILES string of the molecule is COc1ccc(Cl)c2c1C(=O)CC(CC#N)C2. The van der Waals surface area contributed by atoms with Gasteiger partial charge in [-0.3, -0.25) is 4.79 Å². The summed E-state index contributed by atoms with van der Waals surface area (Å²) < 4.78 is 5.19. The van der Waals surface area contributed by atoms with E-state index >= 15 is 0 Å².